The number of aliphatic carboxylic acids is 1. The number of hydrogen-bond donors (Lipinski definition) is 2. The number of alkyl halides is 6. The molecule has 2 saturated heterocycles. The van der Waals surface area contributed by atoms with Crippen molar-refractivity contribution in [3.63, 3.8) is 0 Å². The zero-order valence-corrected chi connectivity index (χ0v) is 31.6. The topological polar surface area (TPSA) is 130 Å². The fourth-order valence-electron chi connectivity index (χ4n) is 8.31. The van der Waals surface area contributed by atoms with Crippen molar-refractivity contribution in [1.82, 2.24) is 14.8 Å². The van der Waals surface area contributed by atoms with Gasteiger partial charge in [0.05, 0.1) is 28.7 Å². The molecule has 1 saturated carbocycles. The van der Waals surface area contributed by atoms with Crippen LogP contribution in [0.25, 0.3) is 0 Å². The molecule has 4 atom stereocenters. The highest BCUT2D eigenvalue weighted by Gasteiger charge is 2.57. The van der Waals surface area contributed by atoms with Gasteiger partial charge in [0, 0.05) is 55.7 Å². The van der Waals surface area contributed by atoms with Crippen LogP contribution in [0.4, 0.5) is 26.3 Å². The molecule has 10 nitrogen and oxygen atoms in total. The summed E-state index contributed by atoms with van der Waals surface area (Å²) in [7, 11) is 0. The van der Waals surface area contributed by atoms with E-state index in [4.69, 9.17) is 9.47 Å². The molecule has 3 fully saturated rings. The summed E-state index contributed by atoms with van der Waals surface area (Å²) in [5.74, 6) is -2.57. The number of carboxylic acids is 1. The van der Waals surface area contributed by atoms with Crippen molar-refractivity contribution < 1.29 is 60.4 Å². The van der Waals surface area contributed by atoms with Crippen LogP contribution >= 0.6 is 11.3 Å². The predicted molar refractivity (Wildman–Crippen MR) is 191 cm³/mol. The number of aliphatic hydroxyl groups is 1. The van der Waals surface area contributed by atoms with Crippen LogP contribution in [-0.2, 0) is 27.5 Å². The maximum Gasteiger partial charge on any atom is 0.425 e. The van der Waals surface area contributed by atoms with Crippen LogP contribution < -0.4 is 9.47 Å². The van der Waals surface area contributed by atoms with Crippen molar-refractivity contribution in [3.8, 4) is 11.5 Å². The van der Waals surface area contributed by atoms with Crippen molar-refractivity contribution in [3.05, 3.63) is 75.7 Å². The quantitative estimate of drug-likeness (QED) is 0.198. The Hall–Kier alpha value is -4.38. The van der Waals surface area contributed by atoms with Gasteiger partial charge in [-0.05, 0) is 63.6 Å². The molecule has 56 heavy (non-hydrogen) atoms. The molecule has 17 heteroatoms. The van der Waals surface area contributed by atoms with Gasteiger partial charge in [0.15, 0.2) is 0 Å². The maximum atomic E-state index is 15.0. The molecule has 1 aromatic carbocycles. The van der Waals surface area contributed by atoms with Crippen LogP contribution in [0.1, 0.15) is 98.1 Å². The molecule has 6 rings (SSSR count). The summed E-state index contributed by atoms with van der Waals surface area (Å²) >= 11 is 0.361. The number of halogens is 6. The number of thiophene rings is 1. The summed E-state index contributed by atoms with van der Waals surface area (Å²) in [5.41, 5.74) is -6.11. The monoisotopic (exact) mass is 811 g/mol. The first kappa shape index (κ1) is 41.3. The van der Waals surface area contributed by atoms with E-state index in [2.05, 4.69) is 4.98 Å². The molecule has 2 amide bonds. The number of aromatic nitrogens is 1. The van der Waals surface area contributed by atoms with Gasteiger partial charge in [-0.25, -0.2) is 0 Å². The minimum atomic E-state index is -4.92. The van der Waals surface area contributed by atoms with E-state index in [0.717, 1.165) is 34.7 Å². The zero-order valence-electron chi connectivity index (χ0n) is 30.8. The number of carboxylic acid groups (broad SMARTS) is 1. The predicted octanol–water partition coefficient (Wildman–Crippen LogP) is 7.94. The number of rotatable bonds is 10. The lowest BCUT2D eigenvalue weighted by Gasteiger charge is -2.51. The normalized spacial score (nSPS) is 25.5. The Balaban J connectivity index is 1.31. The molecule has 3 aromatic rings. The number of likely N-dealkylation sites (tertiary alicyclic amines) is 2. The minimum absolute atomic E-state index is 0.00728. The van der Waals surface area contributed by atoms with Crippen molar-refractivity contribution in [2.75, 3.05) is 19.6 Å². The Bertz CT molecular complexity index is 1930. The number of para-hydroxylation sites is 1. The summed E-state index contributed by atoms with van der Waals surface area (Å²) in [4.78, 5) is 46.2. The minimum Gasteiger partial charge on any atom is -0.490 e. The summed E-state index contributed by atoms with van der Waals surface area (Å²) < 4.78 is 95.9. The highest BCUT2D eigenvalue weighted by atomic mass is 32.1. The van der Waals surface area contributed by atoms with E-state index in [0.29, 0.717) is 41.9 Å². The SMILES string of the molecule is CCC[C@H]1N(C(=O)c2ncccc2C(F)(F)F)CCC[C@@]1(Oc1csc(C(F)(F)F)c1)C(=O)N1CCC(O)(c2ccccc2O[C@@H]2CC[C@@](C)(C(=O)O)C2)CC1. The fourth-order valence-corrected chi connectivity index (χ4v) is 8.98. The lowest BCUT2D eigenvalue weighted by molar-refractivity contribution is -0.163. The van der Waals surface area contributed by atoms with Gasteiger partial charge >= 0.3 is 18.3 Å². The number of hydrogen-bond acceptors (Lipinski definition) is 8. The molecule has 1 aliphatic carbocycles. The summed E-state index contributed by atoms with van der Waals surface area (Å²) in [5, 5.41) is 22.8. The number of nitrogens with zero attached hydrogens (tertiary/aromatic N) is 3. The van der Waals surface area contributed by atoms with Gasteiger partial charge in [-0.3, -0.25) is 19.4 Å². The lowest BCUT2D eigenvalue weighted by Crippen LogP contribution is -2.68. The summed E-state index contributed by atoms with van der Waals surface area (Å²) in [6, 6.07) is 8.20. The van der Waals surface area contributed by atoms with Crippen molar-refractivity contribution in [2.24, 2.45) is 5.41 Å². The fraction of sp³-hybridized carbons (Fsp3) is 0.538. The second-order valence-corrected chi connectivity index (χ2v) is 16.0. The van der Waals surface area contributed by atoms with E-state index in [-0.39, 0.29) is 63.9 Å². The molecule has 0 unspecified atom stereocenters. The number of amides is 2. The zero-order chi connectivity index (χ0) is 40.7. The number of benzene rings is 1. The van der Waals surface area contributed by atoms with Crippen molar-refractivity contribution >= 4 is 29.1 Å². The average Bonchev–Trinajstić information content (AvgIpc) is 3.79. The highest BCUT2D eigenvalue weighted by Crippen LogP contribution is 2.46. The third-order valence-electron chi connectivity index (χ3n) is 11.3. The molecule has 0 bridgehead atoms. The van der Waals surface area contributed by atoms with Gasteiger partial charge in [0.1, 0.15) is 22.1 Å². The van der Waals surface area contributed by atoms with Gasteiger partial charge in [-0.15, -0.1) is 11.3 Å². The number of carbonyl (C=O) groups excluding carboxylic acids is 2. The standard InChI is InChI=1S/C39H43F6N3O7S/c1-3-8-29-37(55-25-21-30(56-23-25)39(43,44)45,13-7-18-48(29)32(49)31-27(38(40,41)42)10-6-17-46-31)33(50)47-19-15-36(53,16-20-47)26-9-4-5-11-28(26)54-24-12-14-35(2,22-24)34(51)52/h4-6,9-11,17,21,23-24,29,53H,3,7-8,12-16,18-20,22H2,1-2H3,(H,51,52)/t24-,29-,35-,37+/m1/s1. The molecule has 2 aromatic heterocycles. The molecule has 2 N–H and O–H groups in total. The smallest absolute Gasteiger partial charge is 0.425 e. The Morgan fingerprint density at radius 3 is 2.32 bits per heavy atom. The first-order valence-corrected chi connectivity index (χ1v) is 19.4. The van der Waals surface area contributed by atoms with Gasteiger partial charge in [-0.1, -0.05) is 31.5 Å². The Kier molecular flexibility index (Phi) is 11.4. The first-order chi connectivity index (χ1) is 26.3. The van der Waals surface area contributed by atoms with Gasteiger partial charge in [-0.2, -0.15) is 26.3 Å². The molecule has 4 heterocycles. The van der Waals surface area contributed by atoms with Crippen molar-refractivity contribution in [2.45, 2.75) is 107 Å². The average molecular weight is 812 g/mol. The maximum absolute atomic E-state index is 15.0. The van der Waals surface area contributed by atoms with E-state index in [1.165, 1.54) is 4.90 Å². The van der Waals surface area contributed by atoms with Gasteiger partial charge in [0.2, 0.25) is 5.60 Å². The van der Waals surface area contributed by atoms with Crippen LogP contribution in [0, 0.1) is 5.41 Å². The number of piperidine rings is 2. The Morgan fingerprint density at radius 2 is 1.70 bits per heavy atom. The Labute approximate surface area is 323 Å². The van der Waals surface area contributed by atoms with Crippen LogP contribution in [0.15, 0.2) is 54.0 Å². The van der Waals surface area contributed by atoms with Gasteiger partial charge in [0.25, 0.3) is 11.8 Å². The molecule has 0 radical (unpaired) electrons. The summed E-state index contributed by atoms with van der Waals surface area (Å²) in [6.45, 7) is 3.26. The third kappa shape index (κ3) is 8.06. The highest BCUT2D eigenvalue weighted by molar-refractivity contribution is 7.10. The van der Waals surface area contributed by atoms with E-state index in [9.17, 15) is 50.9 Å². The molecule has 3 aliphatic rings. The van der Waals surface area contributed by atoms with Crippen LogP contribution in [0.5, 0.6) is 11.5 Å². The number of carbonyl (C=O) groups is 3. The first-order valence-electron chi connectivity index (χ1n) is 18.5. The molecular formula is C39H43F6N3O7S. The second kappa shape index (κ2) is 15.5. The van der Waals surface area contributed by atoms with Crippen LogP contribution in [0.2, 0.25) is 0 Å². The van der Waals surface area contributed by atoms with E-state index in [1.54, 1.807) is 38.1 Å². The number of pyridine rings is 1. The van der Waals surface area contributed by atoms with E-state index in [1.807, 2.05) is 0 Å². The molecule has 2 aliphatic heterocycles. The lowest BCUT2D eigenvalue weighted by atomic mass is 9.78. The largest absolute Gasteiger partial charge is 0.490 e. The van der Waals surface area contributed by atoms with Gasteiger partial charge < -0.3 is 29.5 Å². The molecular weight excluding hydrogens is 768 g/mol. The second-order valence-electron chi connectivity index (χ2n) is 15.1. The summed E-state index contributed by atoms with van der Waals surface area (Å²) in [6.07, 6.45) is -7.33. The molecule has 304 valence electrons. The third-order valence-corrected chi connectivity index (χ3v) is 12.2. The van der Waals surface area contributed by atoms with Crippen LogP contribution in [-0.4, -0.2) is 80.2 Å². The number of ether oxygens (including phenoxy) is 2. The van der Waals surface area contributed by atoms with Crippen LogP contribution in [0.3, 0.4) is 0 Å². The van der Waals surface area contributed by atoms with Crippen molar-refractivity contribution in [1.29, 1.82) is 0 Å². The Morgan fingerprint density at radius 1 is 0.982 bits per heavy atom. The molecule has 0 spiro atoms. The van der Waals surface area contributed by atoms with E-state index >= 15 is 0 Å². The van der Waals surface area contributed by atoms with E-state index < -0.39 is 75.0 Å².